The van der Waals surface area contributed by atoms with Crippen molar-refractivity contribution in [3.05, 3.63) is 11.8 Å². The van der Waals surface area contributed by atoms with Crippen molar-refractivity contribution in [1.82, 2.24) is 0 Å². The maximum atomic E-state index is 6.24. The third-order valence-electron chi connectivity index (χ3n) is 4.05. The number of allylic oxidation sites excluding steroid dienone is 2. The Bertz CT molecular complexity index is 307. The molecular formula is C17H33ClOSi. The van der Waals surface area contributed by atoms with Crippen molar-refractivity contribution < 1.29 is 4.43 Å². The number of unbranched alkanes of at least 4 members (excludes halogenated alkanes) is 3. The molecule has 0 aromatic heterocycles. The highest BCUT2D eigenvalue weighted by atomic mass is 35.5. The molecule has 0 saturated heterocycles. The van der Waals surface area contributed by atoms with Crippen molar-refractivity contribution in [2.45, 2.75) is 72.0 Å². The average molecular weight is 317 g/mol. The molecule has 0 heterocycles. The SMILES string of the molecule is CC(C)[C@H]1C=C(O[Si](C)(C)C)C[C@@H]1CCCCCCCl. The molecular weight excluding hydrogens is 284 g/mol. The lowest BCUT2D eigenvalue weighted by Crippen LogP contribution is -2.24. The second-order valence-electron chi connectivity index (χ2n) is 7.52. The zero-order chi connectivity index (χ0) is 15.2. The largest absolute Gasteiger partial charge is 0.548 e. The van der Waals surface area contributed by atoms with Crippen LogP contribution in [-0.4, -0.2) is 14.2 Å². The normalized spacial score (nSPS) is 23.2. The Balaban J connectivity index is 2.43. The van der Waals surface area contributed by atoms with Crippen LogP contribution in [0.5, 0.6) is 0 Å². The third-order valence-corrected chi connectivity index (χ3v) is 5.19. The van der Waals surface area contributed by atoms with E-state index in [1.54, 1.807) is 0 Å². The van der Waals surface area contributed by atoms with E-state index in [-0.39, 0.29) is 0 Å². The molecule has 0 aromatic carbocycles. The maximum Gasteiger partial charge on any atom is 0.241 e. The van der Waals surface area contributed by atoms with Gasteiger partial charge in [0.05, 0.1) is 5.76 Å². The maximum absolute atomic E-state index is 6.24. The average Bonchev–Trinajstić information content (AvgIpc) is 2.69. The predicted molar refractivity (Wildman–Crippen MR) is 92.8 cm³/mol. The Hall–Kier alpha value is 0.0469. The van der Waals surface area contributed by atoms with Crippen LogP contribution in [-0.2, 0) is 4.43 Å². The summed E-state index contributed by atoms with van der Waals surface area (Å²) in [7, 11) is -1.45. The molecule has 0 radical (unpaired) electrons. The smallest absolute Gasteiger partial charge is 0.241 e. The lowest BCUT2D eigenvalue weighted by molar-refractivity contribution is 0.294. The first-order valence-corrected chi connectivity index (χ1v) is 12.2. The van der Waals surface area contributed by atoms with Gasteiger partial charge in [-0.2, -0.15) is 0 Å². The first-order chi connectivity index (χ1) is 9.33. The minimum atomic E-state index is -1.45. The zero-order valence-corrected chi connectivity index (χ0v) is 15.8. The number of hydrogen-bond donors (Lipinski definition) is 0. The summed E-state index contributed by atoms with van der Waals surface area (Å²) in [6, 6.07) is 0. The summed E-state index contributed by atoms with van der Waals surface area (Å²) in [4.78, 5) is 0. The molecule has 0 aromatic rings. The van der Waals surface area contributed by atoms with Gasteiger partial charge in [0.2, 0.25) is 8.32 Å². The Morgan fingerprint density at radius 2 is 1.85 bits per heavy atom. The van der Waals surface area contributed by atoms with Gasteiger partial charge in [-0.05, 0) is 56.3 Å². The topological polar surface area (TPSA) is 9.23 Å². The van der Waals surface area contributed by atoms with E-state index in [2.05, 4.69) is 39.6 Å². The monoisotopic (exact) mass is 316 g/mol. The molecule has 1 aliphatic rings. The van der Waals surface area contributed by atoms with E-state index in [4.69, 9.17) is 16.0 Å². The lowest BCUT2D eigenvalue weighted by Gasteiger charge is -2.23. The molecule has 3 heteroatoms. The van der Waals surface area contributed by atoms with Gasteiger partial charge in [-0.3, -0.25) is 0 Å². The van der Waals surface area contributed by atoms with Crippen molar-refractivity contribution >= 4 is 19.9 Å². The van der Waals surface area contributed by atoms with E-state index < -0.39 is 8.32 Å². The molecule has 0 aliphatic heterocycles. The summed E-state index contributed by atoms with van der Waals surface area (Å²) in [5, 5.41) is 0. The highest BCUT2D eigenvalue weighted by molar-refractivity contribution is 6.70. The highest BCUT2D eigenvalue weighted by Crippen LogP contribution is 2.40. The van der Waals surface area contributed by atoms with Crippen LogP contribution in [0.4, 0.5) is 0 Å². The van der Waals surface area contributed by atoms with Gasteiger partial charge in [0, 0.05) is 12.3 Å². The van der Waals surface area contributed by atoms with Crippen LogP contribution >= 0.6 is 11.6 Å². The number of hydrogen-bond acceptors (Lipinski definition) is 1. The molecule has 0 amide bonds. The van der Waals surface area contributed by atoms with Crippen LogP contribution in [0, 0.1) is 17.8 Å². The molecule has 118 valence electrons. The Kier molecular flexibility index (Phi) is 7.67. The van der Waals surface area contributed by atoms with E-state index in [0.29, 0.717) is 0 Å². The molecule has 0 bridgehead atoms. The standard InChI is InChI=1S/C17H33ClOSi/c1-14(2)17-13-16(19-20(3,4)5)12-15(17)10-8-6-7-9-11-18/h13-15,17H,6-12H2,1-5H3/t15-,17+/m0/s1. The van der Waals surface area contributed by atoms with Crippen molar-refractivity contribution in [3.63, 3.8) is 0 Å². The van der Waals surface area contributed by atoms with Crippen molar-refractivity contribution in [1.29, 1.82) is 0 Å². The number of rotatable bonds is 9. The molecule has 1 aliphatic carbocycles. The van der Waals surface area contributed by atoms with Crippen molar-refractivity contribution in [2.75, 3.05) is 5.88 Å². The summed E-state index contributed by atoms with van der Waals surface area (Å²) in [5.74, 6) is 4.35. The van der Waals surface area contributed by atoms with Crippen LogP contribution in [0.3, 0.4) is 0 Å². The minimum absolute atomic E-state index is 0.717. The summed E-state index contributed by atoms with van der Waals surface area (Å²) >= 11 is 5.73. The molecule has 0 N–H and O–H groups in total. The molecule has 20 heavy (non-hydrogen) atoms. The Labute approximate surface area is 132 Å². The first-order valence-electron chi connectivity index (χ1n) is 8.29. The van der Waals surface area contributed by atoms with E-state index in [0.717, 1.165) is 23.6 Å². The highest BCUT2D eigenvalue weighted by Gasteiger charge is 2.32. The molecule has 0 fully saturated rings. The second kappa shape index (κ2) is 8.48. The third kappa shape index (κ3) is 6.67. The Morgan fingerprint density at radius 1 is 1.20 bits per heavy atom. The van der Waals surface area contributed by atoms with Gasteiger partial charge < -0.3 is 4.43 Å². The van der Waals surface area contributed by atoms with Gasteiger partial charge in [-0.15, -0.1) is 11.6 Å². The van der Waals surface area contributed by atoms with Gasteiger partial charge in [0.15, 0.2) is 0 Å². The first kappa shape index (κ1) is 18.1. The Morgan fingerprint density at radius 3 is 2.40 bits per heavy atom. The zero-order valence-electron chi connectivity index (χ0n) is 14.0. The quantitative estimate of drug-likeness (QED) is 0.279. The van der Waals surface area contributed by atoms with Crippen LogP contribution in [0.25, 0.3) is 0 Å². The van der Waals surface area contributed by atoms with Crippen molar-refractivity contribution in [3.8, 4) is 0 Å². The second-order valence-corrected chi connectivity index (χ2v) is 12.3. The van der Waals surface area contributed by atoms with Gasteiger partial charge >= 0.3 is 0 Å². The summed E-state index contributed by atoms with van der Waals surface area (Å²) in [5.41, 5.74) is 0. The van der Waals surface area contributed by atoms with E-state index in [1.807, 2.05) is 0 Å². The minimum Gasteiger partial charge on any atom is -0.548 e. The molecule has 1 nitrogen and oxygen atoms in total. The summed E-state index contributed by atoms with van der Waals surface area (Å²) in [6.07, 6.45) is 10.1. The molecule has 0 saturated carbocycles. The molecule has 0 spiro atoms. The summed E-state index contributed by atoms with van der Waals surface area (Å²) in [6.45, 7) is 11.5. The van der Waals surface area contributed by atoms with Gasteiger partial charge in [-0.1, -0.05) is 33.1 Å². The fraction of sp³-hybridized carbons (Fsp3) is 0.882. The van der Waals surface area contributed by atoms with Crippen molar-refractivity contribution in [2.24, 2.45) is 17.8 Å². The van der Waals surface area contributed by atoms with E-state index in [9.17, 15) is 0 Å². The number of halogens is 1. The fourth-order valence-electron chi connectivity index (χ4n) is 3.17. The predicted octanol–water partition coefficient (Wildman–Crippen LogP) is 6.20. The summed E-state index contributed by atoms with van der Waals surface area (Å²) < 4.78 is 6.24. The number of alkyl halides is 1. The van der Waals surface area contributed by atoms with E-state index in [1.165, 1.54) is 44.3 Å². The van der Waals surface area contributed by atoms with Crippen LogP contribution in [0.2, 0.25) is 19.6 Å². The van der Waals surface area contributed by atoms with E-state index >= 15 is 0 Å². The molecule has 1 rings (SSSR count). The lowest BCUT2D eigenvalue weighted by atomic mass is 9.83. The molecule has 2 atom stereocenters. The fourth-order valence-corrected chi connectivity index (χ4v) is 4.30. The van der Waals surface area contributed by atoms with Crippen LogP contribution in [0.1, 0.15) is 52.4 Å². The van der Waals surface area contributed by atoms with Crippen LogP contribution < -0.4 is 0 Å². The van der Waals surface area contributed by atoms with Gasteiger partial charge in [0.25, 0.3) is 0 Å². The van der Waals surface area contributed by atoms with Crippen LogP contribution in [0.15, 0.2) is 11.8 Å². The molecule has 0 unspecified atom stereocenters. The van der Waals surface area contributed by atoms with Gasteiger partial charge in [0.1, 0.15) is 0 Å². The van der Waals surface area contributed by atoms with Gasteiger partial charge in [-0.25, -0.2) is 0 Å².